The largest absolute Gasteiger partial charge is 0.410 e. The molecule has 2 aliphatic heterocycles. The lowest BCUT2D eigenvalue weighted by Crippen LogP contribution is -2.55. The Morgan fingerprint density at radius 2 is 1.83 bits per heavy atom. The van der Waals surface area contributed by atoms with Gasteiger partial charge in [0.2, 0.25) is 0 Å². The van der Waals surface area contributed by atoms with Crippen molar-refractivity contribution in [2.75, 3.05) is 40.4 Å². The van der Waals surface area contributed by atoms with Gasteiger partial charge in [0, 0.05) is 45.9 Å². The van der Waals surface area contributed by atoms with Crippen molar-refractivity contribution in [2.45, 2.75) is 65.5 Å². The molecule has 0 aromatic rings. The van der Waals surface area contributed by atoms with Crippen molar-refractivity contribution in [3.63, 3.8) is 0 Å². The van der Waals surface area contributed by atoms with E-state index in [1.54, 1.807) is 14.2 Å². The van der Waals surface area contributed by atoms with Crippen molar-refractivity contribution >= 4 is 9.45 Å². The number of hydrogen-bond donors (Lipinski definition) is 2. The average Bonchev–Trinajstić information content (AvgIpc) is 2.57. The van der Waals surface area contributed by atoms with Crippen LogP contribution in [-0.4, -0.2) is 66.5 Å². The molecule has 5 nitrogen and oxygen atoms in total. The Kier molecular flexibility index (Phi) is 9.88. The summed E-state index contributed by atoms with van der Waals surface area (Å²) in [4.78, 5) is 0. The Balaban J connectivity index is 0.000000277. The first kappa shape index (κ1) is 21.1. The predicted molar refractivity (Wildman–Crippen MR) is 99.9 cm³/mol. The molecular formula is C17H39N3O2Si. The number of rotatable bonds is 4. The van der Waals surface area contributed by atoms with Crippen molar-refractivity contribution in [2.24, 2.45) is 5.41 Å². The molecule has 6 heteroatoms. The van der Waals surface area contributed by atoms with Crippen molar-refractivity contribution < 1.29 is 8.85 Å². The lowest BCUT2D eigenvalue weighted by atomic mass is 9.82. The molecule has 2 fully saturated rings. The second-order valence-electron chi connectivity index (χ2n) is 7.66. The molecule has 0 aliphatic carbocycles. The maximum atomic E-state index is 5.51. The van der Waals surface area contributed by atoms with Crippen LogP contribution in [0.1, 0.15) is 53.4 Å². The number of nitrogens with one attached hydrogen (secondary N) is 2. The zero-order valence-electron chi connectivity index (χ0n) is 16.2. The first-order chi connectivity index (χ1) is 10.9. The molecule has 0 aromatic heterocycles. The summed E-state index contributed by atoms with van der Waals surface area (Å²) in [5.41, 5.74) is 0.322. The van der Waals surface area contributed by atoms with Crippen LogP contribution in [0.5, 0.6) is 0 Å². The molecule has 2 N–H and O–H groups in total. The molecule has 0 bridgehead atoms. The SMILES string of the molecule is CCC1CNCCN1.CO[SiH](OC)N1CCCCC1C(C)(C)C. The fraction of sp³-hybridized carbons (Fsp3) is 1.00. The fourth-order valence-electron chi connectivity index (χ4n) is 3.51. The Labute approximate surface area is 145 Å². The number of hydrogen-bond acceptors (Lipinski definition) is 5. The third kappa shape index (κ3) is 7.19. The van der Waals surface area contributed by atoms with E-state index in [1.165, 1.54) is 25.7 Å². The minimum atomic E-state index is -1.60. The van der Waals surface area contributed by atoms with E-state index in [0.29, 0.717) is 11.5 Å². The normalized spacial score (nSPS) is 26.7. The smallest absolute Gasteiger partial charge is 0.388 e. The first-order valence-corrected chi connectivity index (χ1v) is 10.6. The third-order valence-corrected chi connectivity index (χ3v) is 6.80. The van der Waals surface area contributed by atoms with Gasteiger partial charge in [-0.15, -0.1) is 0 Å². The standard InChI is InChI=1S/C11H25NO2Si.C6H14N2/c1-11(2,3)10-8-6-7-9-12(10)15(13-4)14-5;1-2-6-5-7-3-4-8-6/h10,15H,6-9H2,1-5H3;6-8H,2-5H2,1H3. The topological polar surface area (TPSA) is 45.8 Å². The van der Waals surface area contributed by atoms with Gasteiger partial charge in [-0.3, -0.25) is 4.57 Å². The van der Waals surface area contributed by atoms with Crippen LogP contribution in [0.25, 0.3) is 0 Å². The van der Waals surface area contributed by atoms with Gasteiger partial charge in [0.05, 0.1) is 0 Å². The molecule has 0 spiro atoms. The quantitative estimate of drug-likeness (QED) is 0.762. The number of piperidine rings is 1. The molecule has 2 aliphatic rings. The van der Waals surface area contributed by atoms with Gasteiger partial charge in [-0.05, 0) is 31.2 Å². The van der Waals surface area contributed by atoms with Crippen LogP contribution in [0.15, 0.2) is 0 Å². The summed E-state index contributed by atoms with van der Waals surface area (Å²) in [6.07, 6.45) is 5.14. The van der Waals surface area contributed by atoms with Gasteiger partial charge >= 0.3 is 9.45 Å². The maximum absolute atomic E-state index is 5.51. The average molecular weight is 346 g/mol. The summed E-state index contributed by atoms with van der Waals surface area (Å²) in [6, 6.07) is 1.34. The molecule has 2 unspecified atom stereocenters. The van der Waals surface area contributed by atoms with E-state index < -0.39 is 9.45 Å². The molecule has 2 rings (SSSR count). The van der Waals surface area contributed by atoms with Crippen molar-refractivity contribution in [1.29, 1.82) is 0 Å². The highest BCUT2D eigenvalue weighted by Crippen LogP contribution is 2.32. The molecule has 0 radical (unpaired) electrons. The number of nitrogens with zero attached hydrogens (tertiary/aromatic N) is 1. The molecule has 0 amide bonds. The zero-order valence-corrected chi connectivity index (χ0v) is 17.3. The van der Waals surface area contributed by atoms with Crippen LogP contribution in [0.2, 0.25) is 0 Å². The van der Waals surface area contributed by atoms with E-state index in [1.807, 2.05) is 0 Å². The van der Waals surface area contributed by atoms with E-state index >= 15 is 0 Å². The Morgan fingerprint density at radius 3 is 2.26 bits per heavy atom. The first-order valence-electron chi connectivity index (χ1n) is 9.19. The van der Waals surface area contributed by atoms with Gasteiger partial charge in [-0.25, -0.2) is 0 Å². The van der Waals surface area contributed by atoms with Crippen LogP contribution in [-0.2, 0) is 8.85 Å². The molecule has 0 saturated carbocycles. The summed E-state index contributed by atoms with van der Waals surface area (Å²) < 4.78 is 13.5. The number of piperazine rings is 1. The Hall–Kier alpha value is 0.0169. The molecule has 138 valence electrons. The lowest BCUT2D eigenvalue weighted by Gasteiger charge is -2.45. The van der Waals surface area contributed by atoms with E-state index in [2.05, 4.69) is 42.9 Å². The van der Waals surface area contributed by atoms with Gasteiger partial charge in [0.1, 0.15) is 0 Å². The molecule has 2 heterocycles. The Bertz CT molecular complexity index is 303. The highest BCUT2D eigenvalue weighted by molar-refractivity contribution is 6.41. The Morgan fingerprint density at radius 1 is 1.13 bits per heavy atom. The predicted octanol–water partition coefficient (Wildman–Crippen LogP) is 1.85. The summed E-state index contributed by atoms with van der Waals surface area (Å²) in [6.45, 7) is 13.7. The van der Waals surface area contributed by atoms with E-state index in [4.69, 9.17) is 8.85 Å². The van der Waals surface area contributed by atoms with Crippen LogP contribution >= 0.6 is 0 Å². The molecular weight excluding hydrogens is 306 g/mol. The summed E-state index contributed by atoms with van der Waals surface area (Å²) in [5.74, 6) is 0. The zero-order chi connectivity index (χ0) is 17.3. The second kappa shape index (κ2) is 10.8. The van der Waals surface area contributed by atoms with E-state index in [-0.39, 0.29) is 0 Å². The van der Waals surface area contributed by atoms with E-state index in [0.717, 1.165) is 32.2 Å². The fourth-order valence-corrected chi connectivity index (χ4v) is 5.52. The summed E-state index contributed by atoms with van der Waals surface area (Å²) >= 11 is 0. The summed E-state index contributed by atoms with van der Waals surface area (Å²) in [5, 5.41) is 6.73. The highest BCUT2D eigenvalue weighted by Gasteiger charge is 2.37. The molecule has 2 atom stereocenters. The van der Waals surface area contributed by atoms with Gasteiger partial charge in [0.15, 0.2) is 0 Å². The monoisotopic (exact) mass is 345 g/mol. The van der Waals surface area contributed by atoms with Crippen molar-refractivity contribution in [3.05, 3.63) is 0 Å². The van der Waals surface area contributed by atoms with Gasteiger partial charge in [-0.2, -0.15) is 0 Å². The third-order valence-electron chi connectivity index (χ3n) is 4.84. The van der Waals surface area contributed by atoms with Crippen molar-refractivity contribution in [3.8, 4) is 0 Å². The van der Waals surface area contributed by atoms with Gasteiger partial charge in [0.25, 0.3) is 0 Å². The lowest BCUT2D eigenvalue weighted by molar-refractivity contribution is 0.0811. The molecule has 23 heavy (non-hydrogen) atoms. The van der Waals surface area contributed by atoms with Crippen molar-refractivity contribution in [1.82, 2.24) is 15.2 Å². The van der Waals surface area contributed by atoms with Crippen LogP contribution < -0.4 is 10.6 Å². The van der Waals surface area contributed by atoms with Gasteiger partial charge in [-0.1, -0.05) is 34.1 Å². The van der Waals surface area contributed by atoms with Crippen LogP contribution in [0.4, 0.5) is 0 Å². The van der Waals surface area contributed by atoms with Crippen LogP contribution in [0, 0.1) is 5.41 Å². The van der Waals surface area contributed by atoms with Gasteiger partial charge < -0.3 is 19.5 Å². The molecule has 0 aromatic carbocycles. The van der Waals surface area contributed by atoms with E-state index in [9.17, 15) is 0 Å². The summed E-state index contributed by atoms with van der Waals surface area (Å²) in [7, 11) is 1.95. The highest BCUT2D eigenvalue weighted by atomic mass is 28.3. The van der Waals surface area contributed by atoms with Crippen LogP contribution in [0.3, 0.4) is 0 Å². The second-order valence-corrected chi connectivity index (χ2v) is 9.88. The molecule has 2 saturated heterocycles. The maximum Gasteiger partial charge on any atom is 0.410 e. The minimum absolute atomic E-state index is 0.322. The minimum Gasteiger partial charge on any atom is -0.388 e.